The van der Waals surface area contributed by atoms with Gasteiger partial charge in [0.25, 0.3) is 0 Å². The van der Waals surface area contributed by atoms with Gasteiger partial charge in [0.1, 0.15) is 11.4 Å². The van der Waals surface area contributed by atoms with E-state index in [1.54, 1.807) is 46.3 Å². The van der Waals surface area contributed by atoms with Crippen molar-refractivity contribution in [2.24, 2.45) is 0 Å². The first kappa shape index (κ1) is 19.7. The number of hydrogen-bond acceptors (Lipinski definition) is 7. The number of rotatable bonds is 6. The highest BCUT2D eigenvalue weighted by Crippen LogP contribution is 2.29. The fourth-order valence-corrected chi connectivity index (χ4v) is 4.23. The van der Waals surface area contributed by atoms with Crippen molar-refractivity contribution in [1.82, 2.24) is 20.2 Å². The summed E-state index contributed by atoms with van der Waals surface area (Å²) >= 11 is 1.38. The average molecular weight is 436 g/mol. The minimum Gasteiger partial charge on any atom is -0.476 e. The second-order valence-corrected chi connectivity index (χ2v) is 8.46. The van der Waals surface area contributed by atoms with E-state index in [1.807, 2.05) is 18.3 Å². The Morgan fingerprint density at radius 3 is 2.61 bits per heavy atom. The van der Waals surface area contributed by atoms with Gasteiger partial charge in [0.2, 0.25) is 5.78 Å². The van der Waals surface area contributed by atoms with Gasteiger partial charge in [-0.3, -0.25) is 9.78 Å². The van der Waals surface area contributed by atoms with Gasteiger partial charge in [-0.05, 0) is 35.9 Å². The van der Waals surface area contributed by atoms with Crippen molar-refractivity contribution < 1.29 is 14.3 Å². The zero-order valence-corrected chi connectivity index (χ0v) is 17.5. The van der Waals surface area contributed by atoms with Crippen molar-refractivity contribution >= 4 is 28.8 Å². The molecule has 2 saturated heterocycles. The lowest BCUT2D eigenvalue weighted by atomic mass is 9.89. The molecule has 2 aromatic heterocycles. The number of ether oxygens (including phenoxy) is 1. The number of urea groups is 1. The number of hydrogen-bond donors (Lipinski definition) is 2. The molecule has 158 valence electrons. The van der Waals surface area contributed by atoms with E-state index in [4.69, 9.17) is 4.74 Å². The van der Waals surface area contributed by atoms with E-state index in [2.05, 4.69) is 20.6 Å². The van der Waals surface area contributed by atoms with Gasteiger partial charge >= 0.3 is 6.03 Å². The second-order valence-electron chi connectivity index (χ2n) is 7.75. The number of Topliss-reactive ketones (excluding diaryl/α,β-unsaturated/α-hetero) is 1. The summed E-state index contributed by atoms with van der Waals surface area (Å²) in [5.41, 5.74) is 2.96. The third kappa shape index (κ3) is 3.89. The van der Waals surface area contributed by atoms with Crippen molar-refractivity contribution in [3.05, 3.63) is 70.9 Å². The van der Waals surface area contributed by atoms with Crippen LogP contribution < -0.4 is 15.4 Å². The summed E-state index contributed by atoms with van der Waals surface area (Å²) in [6.45, 7) is 2.23. The molecule has 2 aliphatic heterocycles. The molecule has 2 aliphatic rings. The van der Waals surface area contributed by atoms with Crippen LogP contribution in [0.1, 0.15) is 22.0 Å². The van der Waals surface area contributed by atoms with E-state index >= 15 is 0 Å². The number of ketones is 1. The average Bonchev–Trinajstić information content (AvgIpc) is 3.26. The van der Waals surface area contributed by atoms with Gasteiger partial charge in [0.05, 0.1) is 5.51 Å². The SMILES string of the molecule is O=C(Nc1ccc(OC2(C(=O)c3cscn3)CNC2)cc1)N1CC(c2cccnc2)C1. The third-order valence-corrected chi connectivity index (χ3v) is 6.23. The minimum absolute atomic E-state index is 0.120. The molecule has 1 aromatic carbocycles. The standard InChI is InChI=1S/C22H21N5O3S/c28-20(19-11-31-14-25-19)22(12-24-13-22)30-18-5-3-17(4-6-18)26-21(29)27-9-16(10-27)15-2-1-7-23-8-15/h1-8,11,14,16,24H,9-10,12-13H2,(H,26,29). The molecular formula is C22H21N5O3S. The number of nitrogens with zero attached hydrogens (tertiary/aromatic N) is 3. The van der Waals surface area contributed by atoms with Crippen LogP contribution in [0.5, 0.6) is 5.75 Å². The van der Waals surface area contributed by atoms with Crippen molar-refractivity contribution in [2.75, 3.05) is 31.5 Å². The molecule has 4 heterocycles. The van der Waals surface area contributed by atoms with Crippen molar-refractivity contribution in [3.8, 4) is 5.75 Å². The van der Waals surface area contributed by atoms with Crippen LogP contribution >= 0.6 is 11.3 Å². The molecule has 2 N–H and O–H groups in total. The van der Waals surface area contributed by atoms with Gasteiger partial charge < -0.3 is 20.3 Å². The van der Waals surface area contributed by atoms with Gasteiger partial charge in [0, 0.05) is 55.6 Å². The Morgan fingerprint density at radius 2 is 2.00 bits per heavy atom. The topological polar surface area (TPSA) is 96.4 Å². The number of benzene rings is 1. The minimum atomic E-state index is -0.933. The molecule has 2 amide bonds. The van der Waals surface area contributed by atoms with Crippen LogP contribution in [0.15, 0.2) is 59.7 Å². The number of amides is 2. The molecule has 0 unspecified atom stereocenters. The van der Waals surface area contributed by atoms with Crippen LogP contribution in [-0.2, 0) is 0 Å². The van der Waals surface area contributed by atoms with Gasteiger partial charge in [0.15, 0.2) is 5.60 Å². The zero-order chi connectivity index (χ0) is 21.3. The van der Waals surface area contributed by atoms with E-state index < -0.39 is 5.60 Å². The first-order chi connectivity index (χ1) is 15.1. The number of aromatic nitrogens is 2. The predicted octanol–water partition coefficient (Wildman–Crippen LogP) is 2.77. The molecule has 8 nitrogen and oxygen atoms in total. The van der Waals surface area contributed by atoms with Crippen LogP contribution in [0.25, 0.3) is 0 Å². The summed E-state index contributed by atoms with van der Waals surface area (Å²) in [5.74, 6) is 0.784. The number of thiazole rings is 1. The van der Waals surface area contributed by atoms with Crippen LogP contribution in [0.2, 0.25) is 0 Å². The molecule has 0 bridgehead atoms. The van der Waals surface area contributed by atoms with Crippen molar-refractivity contribution in [1.29, 1.82) is 0 Å². The first-order valence-electron chi connectivity index (χ1n) is 10.0. The lowest BCUT2D eigenvalue weighted by molar-refractivity contribution is 0.0188. The maximum atomic E-state index is 12.8. The smallest absolute Gasteiger partial charge is 0.321 e. The monoisotopic (exact) mass is 435 g/mol. The Kier molecular flexibility index (Phi) is 5.13. The van der Waals surface area contributed by atoms with Gasteiger partial charge in [-0.15, -0.1) is 11.3 Å². The lowest BCUT2D eigenvalue weighted by Crippen LogP contribution is -2.67. The molecule has 31 heavy (non-hydrogen) atoms. The highest BCUT2D eigenvalue weighted by molar-refractivity contribution is 7.07. The predicted molar refractivity (Wildman–Crippen MR) is 117 cm³/mol. The lowest BCUT2D eigenvalue weighted by Gasteiger charge is -2.40. The van der Waals surface area contributed by atoms with E-state index in [-0.39, 0.29) is 11.8 Å². The third-order valence-electron chi connectivity index (χ3n) is 5.64. The van der Waals surface area contributed by atoms with Crippen molar-refractivity contribution in [2.45, 2.75) is 11.5 Å². The summed E-state index contributed by atoms with van der Waals surface area (Å²) in [6.07, 6.45) is 3.60. The molecule has 0 radical (unpaired) electrons. The van der Waals surface area contributed by atoms with Gasteiger partial charge in [-0.2, -0.15) is 0 Å². The van der Waals surface area contributed by atoms with E-state index in [9.17, 15) is 9.59 Å². The highest BCUT2D eigenvalue weighted by Gasteiger charge is 2.48. The van der Waals surface area contributed by atoms with E-state index in [0.29, 0.717) is 49.2 Å². The summed E-state index contributed by atoms with van der Waals surface area (Å²) in [5, 5.41) is 7.75. The summed E-state index contributed by atoms with van der Waals surface area (Å²) in [6, 6.07) is 10.9. The largest absolute Gasteiger partial charge is 0.476 e. The Balaban J connectivity index is 1.17. The first-order valence-corrected chi connectivity index (χ1v) is 11.0. The Bertz CT molecular complexity index is 1060. The second kappa shape index (κ2) is 8.09. The van der Waals surface area contributed by atoms with Gasteiger partial charge in [-0.25, -0.2) is 9.78 Å². The number of carbonyl (C=O) groups excluding carboxylic acids is 2. The molecule has 0 spiro atoms. The summed E-state index contributed by atoms with van der Waals surface area (Å²) in [4.78, 5) is 35.3. The molecule has 3 aromatic rings. The Hall–Kier alpha value is -3.30. The van der Waals surface area contributed by atoms with Crippen LogP contribution in [0.3, 0.4) is 0 Å². The molecular weight excluding hydrogens is 414 g/mol. The molecule has 0 saturated carbocycles. The van der Waals surface area contributed by atoms with Gasteiger partial charge in [-0.1, -0.05) is 6.07 Å². The molecule has 2 fully saturated rings. The molecule has 9 heteroatoms. The van der Waals surface area contributed by atoms with E-state index in [0.717, 1.165) is 5.56 Å². The normalized spacial score (nSPS) is 17.4. The van der Waals surface area contributed by atoms with Crippen LogP contribution in [0.4, 0.5) is 10.5 Å². The maximum Gasteiger partial charge on any atom is 0.321 e. The number of anilines is 1. The Morgan fingerprint density at radius 1 is 1.19 bits per heavy atom. The Labute approximate surface area is 183 Å². The fourth-order valence-electron chi connectivity index (χ4n) is 3.70. The number of carbonyl (C=O) groups is 2. The van der Waals surface area contributed by atoms with E-state index in [1.165, 1.54) is 11.3 Å². The van der Waals surface area contributed by atoms with Crippen LogP contribution in [0, 0.1) is 0 Å². The number of likely N-dealkylation sites (tertiary alicyclic amines) is 1. The van der Waals surface area contributed by atoms with Crippen molar-refractivity contribution in [3.63, 3.8) is 0 Å². The molecule has 0 atom stereocenters. The quantitative estimate of drug-likeness (QED) is 0.578. The highest BCUT2D eigenvalue weighted by atomic mass is 32.1. The number of pyridine rings is 1. The summed E-state index contributed by atoms with van der Waals surface area (Å²) in [7, 11) is 0. The van der Waals surface area contributed by atoms with Crippen LogP contribution in [-0.4, -0.2) is 58.5 Å². The fraction of sp³-hybridized carbons (Fsp3) is 0.273. The maximum absolute atomic E-state index is 12.8. The molecule has 5 rings (SSSR count). The number of nitrogens with one attached hydrogen (secondary N) is 2. The zero-order valence-electron chi connectivity index (χ0n) is 16.7. The molecule has 0 aliphatic carbocycles. The summed E-state index contributed by atoms with van der Waals surface area (Å²) < 4.78 is 6.05.